The summed E-state index contributed by atoms with van der Waals surface area (Å²) in [7, 11) is 1.53. The van der Waals surface area contributed by atoms with Crippen molar-refractivity contribution in [1.82, 2.24) is 10.2 Å². The average Bonchev–Trinajstić information content (AvgIpc) is 3.36. The molecule has 6 heteroatoms. The smallest absolute Gasteiger partial charge is 0.245 e. The molecule has 1 aliphatic heterocycles. The normalized spacial score (nSPS) is 15.8. The lowest BCUT2D eigenvalue weighted by molar-refractivity contribution is -0.133. The molecule has 5 nitrogen and oxygen atoms in total. The number of rotatable bonds is 6. The molecular formula is C26H26FN3O2. The van der Waals surface area contributed by atoms with E-state index < -0.39 is 5.54 Å². The number of methoxy groups -OCH3 is 1. The van der Waals surface area contributed by atoms with Gasteiger partial charge in [0, 0.05) is 12.1 Å². The highest BCUT2D eigenvalue weighted by Crippen LogP contribution is 2.34. The van der Waals surface area contributed by atoms with Gasteiger partial charge in [0.25, 0.3) is 0 Å². The van der Waals surface area contributed by atoms with Crippen LogP contribution in [0.2, 0.25) is 0 Å². The summed E-state index contributed by atoms with van der Waals surface area (Å²) in [6.07, 6.45) is 2.00. The Labute approximate surface area is 187 Å². The second kappa shape index (κ2) is 8.97. The first-order valence-electron chi connectivity index (χ1n) is 10.8. The predicted octanol–water partition coefficient (Wildman–Crippen LogP) is 4.49. The van der Waals surface area contributed by atoms with Crippen LogP contribution in [0.3, 0.4) is 0 Å². The third kappa shape index (κ3) is 3.80. The third-order valence-electron chi connectivity index (χ3n) is 6.42. The maximum atomic E-state index is 14.1. The molecule has 0 bridgehead atoms. The molecule has 1 unspecified atom stereocenters. The maximum Gasteiger partial charge on any atom is 0.245 e. The number of amides is 1. The van der Waals surface area contributed by atoms with Crippen molar-refractivity contribution in [1.29, 1.82) is 5.26 Å². The first-order valence-corrected chi connectivity index (χ1v) is 10.8. The van der Waals surface area contributed by atoms with Gasteiger partial charge in [-0.2, -0.15) is 5.26 Å². The first kappa shape index (κ1) is 21.8. The molecule has 3 aromatic carbocycles. The van der Waals surface area contributed by atoms with E-state index in [9.17, 15) is 14.4 Å². The van der Waals surface area contributed by atoms with Gasteiger partial charge in [-0.15, -0.1) is 0 Å². The molecule has 0 radical (unpaired) electrons. The second-order valence-electron chi connectivity index (χ2n) is 8.23. The van der Waals surface area contributed by atoms with E-state index in [0.717, 1.165) is 42.3 Å². The molecule has 0 aliphatic carbocycles. The van der Waals surface area contributed by atoms with Crippen LogP contribution < -0.4 is 10.1 Å². The third-order valence-corrected chi connectivity index (χ3v) is 6.42. The molecule has 164 valence electrons. The van der Waals surface area contributed by atoms with Crippen molar-refractivity contribution < 1.29 is 13.9 Å². The number of nitriles is 1. The number of halogens is 1. The molecule has 0 saturated carbocycles. The highest BCUT2D eigenvalue weighted by molar-refractivity contribution is 5.91. The van der Waals surface area contributed by atoms with Gasteiger partial charge in [0.1, 0.15) is 23.2 Å². The molecule has 1 aliphatic rings. The summed E-state index contributed by atoms with van der Waals surface area (Å²) in [5.41, 5.74) is 0.787. The Bertz CT molecular complexity index is 1200. The summed E-state index contributed by atoms with van der Waals surface area (Å²) < 4.78 is 19.6. The van der Waals surface area contributed by atoms with Crippen LogP contribution in [0.4, 0.5) is 4.39 Å². The van der Waals surface area contributed by atoms with Crippen LogP contribution in [0.15, 0.2) is 54.6 Å². The SMILES string of the molecule is COc1c(C#N)cc2ccccc2c1CNC(=O)C(C)(c1cccc(F)c1)N1CCCC1. The van der Waals surface area contributed by atoms with E-state index in [1.165, 1.54) is 19.2 Å². The molecule has 0 spiro atoms. The minimum Gasteiger partial charge on any atom is -0.495 e. The van der Waals surface area contributed by atoms with Crippen LogP contribution in [0.5, 0.6) is 5.75 Å². The molecule has 1 amide bonds. The van der Waals surface area contributed by atoms with Crippen molar-refractivity contribution >= 4 is 16.7 Å². The number of ether oxygens (including phenoxy) is 1. The van der Waals surface area contributed by atoms with Gasteiger partial charge in [-0.05, 0) is 67.4 Å². The Balaban J connectivity index is 1.72. The van der Waals surface area contributed by atoms with Crippen LogP contribution in [-0.2, 0) is 16.9 Å². The minimum atomic E-state index is -1.01. The van der Waals surface area contributed by atoms with Gasteiger partial charge < -0.3 is 10.1 Å². The van der Waals surface area contributed by atoms with Gasteiger partial charge in [-0.25, -0.2) is 4.39 Å². The molecule has 1 heterocycles. The molecule has 1 saturated heterocycles. The van der Waals surface area contributed by atoms with Crippen molar-refractivity contribution in [3.8, 4) is 11.8 Å². The molecular weight excluding hydrogens is 405 g/mol. The zero-order valence-electron chi connectivity index (χ0n) is 18.3. The van der Waals surface area contributed by atoms with Crippen LogP contribution in [-0.4, -0.2) is 31.0 Å². The number of carbonyl (C=O) groups excluding carboxylic acids is 1. The summed E-state index contributed by atoms with van der Waals surface area (Å²) in [6.45, 7) is 3.59. The van der Waals surface area contributed by atoms with E-state index in [0.29, 0.717) is 16.9 Å². The minimum absolute atomic E-state index is 0.191. The zero-order valence-corrected chi connectivity index (χ0v) is 18.3. The number of nitrogens with zero attached hydrogens (tertiary/aromatic N) is 2. The lowest BCUT2D eigenvalue weighted by atomic mass is 9.88. The molecule has 1 N–H and O–H groups in total. The van der Waals surface area contributed by atoms with Crippen LogP contribution in [0.1, 0.15) is 36.5 Å². The fourth-order valence-electron chi connectivity index (χ4n) is 4.65. The van der Waals surface area contributed by atoms with Gasteiger partial charge >= 0.3 is 0 Å². The number of hydrogen-bond donors (Lipinski definition) is 1. The van der Waals surface area contributed by atoms with E-state index in [1.54, 1.807) is 18.2 Å². The number of nitrogens with one attached hydrogen (secondary N) is 1. The first-order chi connectivity index (χ1) is 15.5. The molecule has 32 heavy (non-hydrogen) atoms. The lowest BCUT2D eigenvalue weighted by Gasteiger charge is -2.38. The molecule has 0 aromatic heterocycles. The Kier molecular flexibility index (Phi) is 6.11. The highest BCUT2D eigenvalue weighted by atomic mass is 19.1. The maximum absolute atomic E-state index is 14.1. The van der Waals surface area contributed by atoms with Crippen molar-refractivity contribution in [2.75, 3.05) is 20.2 Å². The molecule has 1 atom stereocenters. The number of fused-ring (bicyclic) bond motifs is 1. The van der Waals surface area contributed by atoms with Gasteiger partial charge in [0.2, 0.25) is 5.91 Å². The number of carbonyl (C=O) groups is 1. The van der Waals surface area contributed by atoms with Gasteiger partial charge in [-0.1, -0.05) is 36.4 Å². The summed E-state index contributed by atoms with van der Waals surface area (Å²) in [4.78, 5) is 15.8. The highest BCUT2D eigenvalue weighted by Gasteiger charge is 2.42. The fraction of sp³-hybridized carbons (Fsp3) is 0.308. The lowest BCUT2D eigenvalue weighted by Crippen LogP contribution is -2.53. The van der Waals surface area contributed by atoms with Gasteiger partial charge in [-0.3, -0.25) is 9.69 Å². The van der Waals surface area contributed by atoms with E-state index in [2.05, 4.69) is 16.3 Å². The Hall–Kier alpha value is -3.43. The monoisotopic (exact) mass is 431 g/mol. The molecule has 3 aromatic rings. The van der Waals surface area contributed by atoms with Crippen molar-refractivity contribution in [2.45, 2.75) is 31.8 Å². The zero-order chi connectivity index (χ0) is 22.7. The van der Waals surface area contributed by atoms with E-state index in [1.807, 2.05) is 31.2 Å². The topological polar surface area (TPSA) is 65.4 Å². The van der Waals surface area contributed by atoms with E-state index >= 15 is 0 Å². The van der Waals surface area contributed by atoms with Crippen molar-refractivity contribution in [2.24, 2.45) is 0 Å². The number of likely N-dealkylation sites (tertiary alicyclic amines) is 1. The fourth-order valence-corrected chi connectivity index (χ4v) is 4.65. The predicted molar refractivity (Wildman–Crippen MR) is 122 cm³/mol. The largest absolute Gasteiger partial charge is 0.495 e. The average molecular weight is 432 g/mol. The van der Waals surface area contributed by atoms with Crippen molar-refractivity contribution in [3.63, 3.8) is 0 Å². The Morgan fingerprint density at radius 3 is 2.62 bits per heavy atom. The number of hydrogen-bond acceptors (Lipinski definition) is 4. The van der Waals surface area contributed by atoms with E-state index in [-0.39, 0.29) is 18.3 Å². The van der Waals surface area contributed by atoms with Crippen LogP contribution in [0.25, 0.3) is 10.8 Å². The summed E-state index contributed by atoms with van der Waals surface area (Å²) in [5, 5.41) is 14.5. The van der Waals surface area contributed by atoms with Crippen LogP contribution >= 0.6 is 0 Å². The Morgan fingerprint density at radius 2 is 1.94 bits per heavy atom. The summed E-state index contributed by atoms with van der Waals surface area (Å²) in [5.74, 6) is -0.117. The number of benzene rings is 3. The van der Waals surface area contributed by atoms with Gasteiger partial charge in [0.15, 0.2) is 0 Å². The molecule has 4 rings (SSSR count). The summed E-state index contributed by atoms with van der Waals surface area (Å²) in [6, 6.07) is 17.9. The van der Waals surface area contributed by atoms with E-state index in [4.69, 9.17) is 4.74 Å². The quantitative estimate of drug-likeness (QED) is 0.625. The summed E-state index contributed by atoms with van der Waals surface area (Å²) >= 11 is 0. The molecule has 1 fully saturated rings. The van der Waals surface area contributed by atoms with Crippen LogP contribution in [0, 0.1) is 17.1 Å². The second-order valence-corrected chi connectivity index (χ2v) is 8.23. The Morgan fingerprint density at radius 1 is 1.19 bits per heavy atom. The van der Waals surface area contributed by atoms with Crippen molar-refractivity contribution in [3.05, 3.63) is 77.1 Å². The van der Waals surface area contributed by atoms with Gasteiger partial charge in [0.05, 0.1) is 12.7 Å². The standard InChI is InChI=1S/C26H26FN3O2/c1-26(30-12-5-6-13-30,20-9-7-10-21(27)15-20)25(31)29-17-23-22-11-4-3-8-18(22)14-19(16-28)24(23)32-2/h3-4,7-11,14-15H,5-6,12-13,17H2,1-2H3,(H,29,31).